The molecule has 0 aliphatic heterocycles. The Hall–Kier alpha value is -1.84. The number of hydrogen-bond acceptors (Lipinski definition) is 4. The average molecular weight is 320 g/mol. The third kappa shape index (κ3) is 7.31. The first-order valence-corrected chi connectivity index (χ1v) is 8.53. The number of esters is 2. The number of rotatable bonds is 10. The van der Waals surface area contributed by atoms with Crippen LogP contribution in [0.3, 0.4) is 0 Å². The molecule has 0 aliphatic rings. The predicted molar refractivity (Wildman–Crippen MR) is 90.7 cm³/mol. The second-order valence-electron chi connectivity index (χ2n) is 5.90. The van der Waals surface area contributed by atoms with Gasteiger partial charge in [0.2, 0.25) is 0 Å². The summed E-state index contributed by atoms with van der Waals surface area (Å²) in [7, 11) is 0. The molecule has 0 radical (unpaired) electrons. The van der Waals surface area contributed by atoms with Crippen molar-refractivity contribution in [3.05, 3.63) is 35.4 Å². The second-order valence-corrected chi connectivity index (χ2v) is 5.90. The number of carbonyl (C=O) groups is 2. The first kappa shape index (κ1) is 19.2. The van der Waals surface area contributed by atoms with Gasteiger partial charge >= 0.3 is 11.9 Å². The standard InChI is InChI=1S/C19H28O4/c1-4-5-6-7-8-11-14-22-18(20)16-12-9-10-13-17(16)19(21)23-15(2)3/h9-10,12-13,15H,4-8,11,14H2,1-3H3. The summed E-state index contributed by atoms with van der Waals surface area (Å²) < 4.78 is 10.4. The van der Waals surface area contributed by atoms with Crippen molar-refractivity contribution in [3.8, 4) is 0 Å². The van der Waals surface area contributed by atoms with Gasteiger partial charge in [0.1, 0.15) is 0 Å². The summed E-state index contributed by atoms with van der Waals surface area (Å²) in [6, 6.07) is 6.61. The molecule has 1 aromatic rings. The predicted octanol–water partition coefficient (Wildman–Crippen LogP) is 4.77. The molecule has 4 nitrogen and oxygen atoms in total. The third-order valence-corrected chi connectivity index (χ3v) is 3.44. The van der Waals surface area contributed by atoms with Gasteiger partial charge in [-0.1, -0.05) is 51.2 Å². The van der Waals surface area contributed by atoms with Crippen molar-refractivity contribution in [2.45, 2.75) is 65.4 Å². The molecule has 0 aliphatic carbocycles. The number of unbranched alkanes of at least 4 members (excludes halogenated alkanes) is 5. The van der Waals surface area contributed by atoms with Crippen molar-refractivity contribution in [2.24, 2.45) is 0 Å². The van der Waals surface area contributed by atoms with Crippen LogP contribution in [0.2, 0.25) is 0 Å². The van der Waals surface area contributed by atoms with Crippen LogP contribution in [0, 0.1) is 0 Å². The monoisotopic (exact) mass is 320 g/mol. The largest absolute Gasteiger partial charge is 0.462 e. The Morgan fingerprint density at radius 1 is 0.913 bits per heavy atom. The molecular weight excluding hydrogens is 292 g/mol. The van der Waals surface area contributed by atoms with Crippen molar-refractivity contribution in [2.75, 3.05) is 6.61 Å². The molecule has 0 N–H and O–H groups in total. The van der Waals surface area contributed by atoms with Crippen molar-refractivity contribution in [1.29, 1.82) is 0 Å². The van der Waals surface area contributed by atoms with E-state index >= 15 is 0 Å². The van der Waals surface area contributed by atoms with E-state index in [-0.39, 0.29) is 17.2 Å². The van der Waals surface area contributed by atoms with E-state index in [0.717, 1.165) is 12.8 Å². The van der Waals surface area contributed by atoms with E-state index in [4.69, 9.17) is 9.47 Å². The van der Waals surface area contributed by atoms with Crippen LogP contribution in [0.5, 0.6) is 0 Å². The summed E-state index contributed by atoms with van der Waals surface area (Å²) >= 11 is 0. The zero-order valence-electron chi connectivity index (χ0n) is 14.5. The van der Waals surface area contributed by atoms with Crippen molar-refractivity contribution < 1.29 is 19.1 Å². The summed E-state index contributed by atoms with van der Waals surface area (Å²) in [5.74, 6) is -0.957. The van der Waals surface area contributed by atoms with Crippen LogP contribution in [-0.4, -0.2) is 24.6 Å². The fraction of sp³-hybridized carbons (Fsp3) is 0.579. The van der Waals surface area contributed by atoms with Gasteiger partial charge in [0.15, 0.2) is 0 Å². The normalized spacial score (nSPS) is 10.6. The molecule has 0 saturated heterocycles. The lowest BCUT2D eigenvalue weighted by molar-refractivity contribution is 0.0360. The summed E-state index contributed by atoms with van der Waals surface area (Å²) in [6.07, 6.45) is 6.56. The van der Waals surface area contributed by atoms with Crippen molar-refractivity contribution in [3.63, 3.8) is 0 Å². The molecule has 0 unspecified atom stereocenters. The minimum atomic E-state index is -0.493. The van der Waals surface area contributed by atoms with E-state index in [1.807, 2.05) is 0 Å². The van der Waals surface area contributed by atoms with Gasteiger partial charge in [-0.15, -0.1) is 0 Å². The van der Waals surface area contributed by atoms with E-state index < -0.39 is 11.9 Å². The Balaban J connectivity index is 2.48. The molecule has 1 aromatic carbocycles. The smallest absolute Gasteiger partial charge is 0.339 e. The number of ether oxygens (including phenoxy) is 2. The second kappa shape index (κ2) is 10.8. The molecule has 1 rings (SSSR count). The number of benzene rings is 1. The Bertz CT molecular complexity index is 494. The average Bonchev–Trinajstić information content (AvgIpc) is 2.53. The van der Waals surface area contributed by atoms with Crippen LogP contribution in [-0.2, 0) is 9.47 Å². The highest BCUT2D eigenvalue weighted by atomic mass is 16.5. The van der Waals surface area contributed by atoms with Crippen LogP contribution in [0.4, 0.5) is 0 Å². The van der Waals surface area contributed by atoms with E-state index in [2.05, 4.69) is 6.92 Å². The lowest BCUT2D eigenvalue weighted by atomic mass is 10.1. The summed E-state index contributed by atoms with van der Waals surface area (Å²) in [5, 5.41) is 0. The lowest BCUT2D eigenvalue weighted by Gasteiger charge is -2.11. The summed E-state index contributed by atoms with van der Waals surface area (Å²) in [6.45, 7) is 6.12. The topological polar surface area (TPSA) is 52.6 Å². The fourth-order valence-electron chi connectivity index (χ4n) is 2.24. The zero-order chi connectivity index (χ0) is 17.1. The van der Waals surface area contributed by atoms with Gasteiger partial charge in [-0.25, -0.2) is 9.59 Å². The quantitative estimate of drug-likeness (QED) is 0.460. The van der Waals surface area contributed by atoms with Gasteiger partial charge in [0, 0.05) is 0 Å². The van der Waals surface area contributed by atoms with Crippen LogP contribution in [0.1, 0.15) is 80.0 Å². The highest BCUT2D eigenvalue weighted by Gasteiger charge is 2.19. The highest BCUT2D eigenvalue weighted by Crippen LogP contribution is 2.13. The maximum atomic E-state index is 12.2. The molecule has 0 spiro atoms. The minimum Gasteiger partial charge on any atom is -0.462 e. The number of carbonyl (C=O) groups excluding carboxylic acids is 2. The summed E-state index contributed by atoms with van der Waals surface area (Å²) in [4.78, 5) is 24.2. The molecule has 0 bridgehead atoms. The Labute approximate surface area is 139 Å². The maximum absolute atomic E-state index is 12.2. The van der Waals surface area contributed by atoms with Gasteiger partial charge in [-0.2, -0.15) is 0 Å². The van der Waals surface area contributed by atoms with Crippen LogP contribution >= 0.6 is 0 Å². The summed E-state index contributed by atoms with van der Waals surface area (Å²) in [5.41, 5.74) is 0.526. The van der Waals surface area contributed by atoms with Crippen LogP contribution in [0.25, 0.3) is 0 Å². The van der Waals surface area contributed by atoms with E-state index in [1.165, 1.54) is 25.7 Å². The Morgan fingerprint density at radius 3 is 2.09 bits per heavy atom. The first-order valence-electron chi connectivity index (χ1n) is 8.53. The molecule has 0 atom stereocenters. The van der Waals surface area contributed by atoms with E-state index in [0.29, 0.717) is 6.61 Å². The molecule has 0 heterocycles. The first-order chi connectivity index (χ1) is 11.1. The van der Waals surface area contributed by atoms with E-state index in [9.17, 15) is 9.59 Å². The molecule has 4 heteroatoms. The van der Waals surface area contributed by atoms with Gasteiger partial charge in [-0.3, -0.25) is 0 Å². The van der Waals surface area contributed by atoms with Gasteiger partial charge in [0.25, 0.3) is 0 Å². The van der Waals surface area contributed by atoms with Crippen molar-refractivity contribution in [1.82, 2.24) is 0 Å². The van der Waals surface area contributed by atoms with Gasteiger partial charge in [-0.05, 0) is 32.4 Å². The molecule has 0 fully saturated rings. The fourth-order valence-corrected chi connectivity index (χ4v) is 2.24. The van der Waals surface area contributed by atoms with Crippen LogP contribution < -0.4 is 0 Å². The van der Waals surface area contributed by atoms with Crippen LogP contribution in [0.15, 0.2) is 24.3 Å². The molecule has 0 amide bonds. The SMILES string of the molecule is CCCCCCCCOC(=O)c1ccccc1C(=O)OC(C)C. The maximum Gasteiger partial charge on any atom is 0.339 e. The Kier molecular flexibility index (Phi) is 9.03. The highest BCUT2D eigenvalue weighted by molar-refractivity contribution is 6.03. The lowest BCUT2D eigenvalue weighted by Crippen LogP contribution is -2.17. The minimum absolute atomic E-state index is 0.227. The van der Waals surface area contributed by atoms with Gasteiger partial charge < -0.3 is 9.47 Å². The molecular formula is C19H28O4. The van der Waals surface area contributed by atoms with Gasteiger partial charge in [0.05, 0.1) is 23.8 Å². The van der Waals surface area contributed by atoms with E-state index in [1.54, 1.807) is 38.1 Å². The number of hydrogen-bond donors (Lipinski definition) is 0. The van der Waals surface area contributed by atoms with Crippen molar-refractivity contribution >= 4 is 11.9 Å². The Morgan fingerprint density at radius 2 is 1.48 bits per heavy atom. The third-order valence-electron chi connectivity index (χ3n) is 3.44. The zero-order valence-corrected chi connectivity index (χ0v) is 14.5. The molecule has 0 aromatic heterocycles. The molecule has 23 heavy (non-hydrogen) atoms. The molecule has 0 saturated carbocycles. The molecule has 128 valence electrons.